The molecule has 0 aliphatic heterocycles. The van der Waals surface area contributed by atoms with Crippen molar-refractivity contribution in [3.05, 3.63) is 39.9 Å². The molecule has 0 radical (unpaired) electrons. The van der Waals surface area contributed by atoms with Crippen LogP contribution in [0, 0.1) is 19.8 Å². The van der Waals surface area contributed by atoms with E-state index in [0.717, 1.165) is 28.1 Å². The predicted molar refractivity (Wildman–Crippen MR) is 128 cm³/mol. The molecule has 3 heterocycles. The number of methoxy groups -OCH3 is 1. The molecule has 0 aliphatic carbocycles. The summed E-state index contributed by atoms with van der Waals surface area (Å²) in [4.78, 5) is 25.3. The molecular weight excluding hydrogens is 444 g/mol. The van der Waals surface area contributed by atoms with Crippen LogP contribution in [0.5, 0.6) is 5.75 Å². The summed E-state index contributed by atoms with van der Waals surface area (Å²) in [6.07, 6.45) is 4.70. The van der Waals surface area contributed by atoms with Gasteiger partial charge in [-0.2, -0.15) is 4.98 Å². The van der Waals surface area contributed by atoms with Gasteiger partial charge in [-0.25, -0.2) is 4.98 Å². The largest absolute Gasteiger partial charge is 0.496 e. The number of nitrogen functional groups attached to an aromatic ring is 1. The van der Waals surface area contributed by atoms with Crippen molar-refractivity contribution in [2.75, 3.05) is 19.5 Å². The molecule has 33 heavy (non-hydrogen) atoms. The summed E-state index contributed by atoms with van der Waals surface area (Å²) >= 11 is 6.42. The number of halogens is 1. The first-order valence-corrected chi connectivity index (χ1v) is 11.2. The van der Waals surface area contributed by atoms with Gasteiger partial charge in [0.05, 0.1) is 31.3 Å². The van der Waals surface area contributed by atoms with Crippen LogP contribution in [-0.2, 0) is 22.5 Å². The Labute approximate surface area is 198 Å². The maximum Gasteiger partial charge on any atom is 0.322 e. The second-order valence-electron chi connectivity index (χ2n) is 8.55. The summed E-state index contributed by atoms with van der Waals surface area (Å²) in [6.45, 7) is 8.54. The lowest BCUT2D eigenvalue weighted by molar-refractivity contribution is -0.145. The summed E-state index contributed by atoms with van der Waals surface area (Å²) in [5.74, 6) is 0.777. The van der Waals surface area contributed by atoms with E-state index in [9.17, 15) is 4.79 Å². The lowest BCUT2D eigenvalue weighted by Gasteiger charge is -2.13. The summed E-state index contributed by atoms with van der Waals surface area (Å²) in [6, 6.07) is -0.636. The van der Waals surface area contributed by atoms with Gasteiger partial charge in [-0.15, -0.1) is 0 Å². The van der Waals surface area contributed by atoms with Gasteiger partial charge < -0.3 is 25.5 Å². The molecule has 1 atom stereocenters. The number of aryl methyl sites for hydroxylation is 1. The van der Waals surface area contributed by atoms with Crippen LogP contribution in [0.3, 0.4) is 0 Å². The summed E-state index contributed by atoms with van der Waals surface area (Å²) in [5.41, 5.74) is 16.0. The third-order valence-corrected chi connectivity index (χ3v) is 5.76. The van der Waals surface area contributed by atoms with Crippen molar-refractivity contribution in [3.8, 4) is 5.75 Å². The van der Waals surface area contributed by atoms with E-state index in [1.54, 1.807) is 13.3 Å². The van der Waals surface area contributed by atoms with Crippen LogP contribution < -0.4 is 16.2 Å². The number of nitrogens with two attached hydrogens (primary N) is 2. The minimum absolute atomic E-state index is 0.0793. The minimum atomic E-state index is -0.636. The van der Waals surface area contributed by atoms with E-state index < -0.39 is 12.0 Å². The van der Waals surface area contributed by atoms with Crippen LogP contribution in [0.25, 0.3) is 11.0 Å². The average Bonchev–Trinajstić information content (AvgIpc) is 3.07. The predicted octanol–water partition coefficient (Wildman–Crippen LogP) is 3.19. The molecule has 10 heteroatoms. The molecule has 0 spiro atoms. The van der Waals surface area contributed by atoms with Crippen LogP contribution in [-0.4, -0.2) is 45.2 Å². The normalized spacial score (nSPS) is 12.4. The molecule has 3 aromatic rings. The van der Waals surface area contributed by atoms with E-state index in [0.29, 0.717) is 36.3 Å². The van der Waals surface area contributed by atoms with Gasteiger partial charge in [0.25, 0.3) is 0 Å². The zero-order valence-electron chi connectivity index (χ0n) is 19.7. The van der Waals surface area contributed by atoms with Gasteiger partial charge >= 0.3 is 5.97 Å². The fourth-order valence-electron chi connectivity index (χ4n) is 3.91. The number of pyridine rings is 1. The van der Waals surface area contributed by atoms with Gasteiger partial charge in [-0.05, 0) is 31.7 Å². The molecule has 0 saturated carbocycles. The number of nitrogens with zero attached hydrogens (tertiary/aromatic N) is 4. The van der Waals surface area contributed by atoms with Gasteiger partial charge in [0.2, 0.25) is 5.95 Å². The molecule has 4 N–H and O–H groups in total. The highest BCUT2D eigenvalue weighted by molar-refractivity contribution is 6.34. The molecule has 0 amide bonds. The average molecular weight is 475 g/mol. The standard InChI is InChI=1S/C23H31ClN6O3/c1-12(2)8-16(25)22(31)33-7-6-15-10-30(21-18(15)20(24)28-23(26)29-21)11-17-14(4)19(32-5)13(3)9-27-17/h9-10,12,16H,6-8,11,25H2,1-5H3,(H2,26,28,29)/t16-/m1/s1. The summed E-state index contributed by atoms with van der Waals surface area (Å²) in [7, 11) is 1.64. The molecule has 3 aromatic heterocycles. The number of hydrogen-bond donors (Lipinski definition) is 2. The van der Waals surface area contributed by atoms with E-state index in [1.165, 1.54) is 0 Å². The molecule has 178 valence electrons. The lowest BCUT2D eigenvalue weighted by Crippen LogP contribution is -2.33. The first-order valence-electron chi connectivity index (χ1n) is 10.8. The number of carbonyl (C=O) groups is 1. The number of hydrogen-bond acceptors (Lipinski definition) is 8. The van der Waals surface area contributed by atoms with Crippen molar-refractivity contribution in [1.82, 2.24) is 19.5 Å². The minimum Gasteiger partial charge on any atom is -0.496 e. The van der Waals surface area contributed by atoms with Crippen molar-refractivity contribution >= 4 is 34.6 Å². The topological polar surface area (TPSA) is 131 Å². The smallest absolute Gasteiger partial charge is 0.322 e. The third-order valence-electron chi connectivity index (χ3n) is 5.48. The number of aromatic nitrogens is 4. The molecular formula is C23H31ClN6O3. The van der Waals surface area contributed by atoms with Crippen molar-refractivity contribution in [1.29, 1.82) is 0 Å². The van der Waals surface area contributed by atoms with Crippen LogP contribution in [0.15, 0.2) is 12.4 Å². The Kier molecular flexibility index (Phi) is 7.76. The Morgan fingerprint density at radius 3 is 2.67 bits per heavy atom. The highest BCUT2D eigenvalue weighted by atomic mass is 35.5. The lowest BCUT2D eigenvalue weighted by atomic mass is 10.1. The molecule has 0 bridgehead atoms. The quantitative estimate of drug-likeness (QED) is 0.357. The fourth-order valence-corrected chi connectivity index (χ4v) is 4.20. The maximum atomic E-state index is 12.2. The Bertz CT molecular complexity index is 1160. The van der Waals surface area contributed by atoms with Crippen molar-refractivity contribution in [3.63, 3.8) is 0 Å². The second-order valence-corrected chi connectivity index (χ2v) is 8.91. The maximum absolute atomic E-state index is 12.2. The molecule has 0 saturated heterocycles. The fraction of sp³-hybridized carbons (Fsp3) is 0.478. The Balaban J connectivity index is 1.88. The molecule has 0 fully saturated rings. The summed E-state index contributed by atoms with van der Waals surface area (Å²) < 4.78 is 12.9. The zero-order chi connectivity index (χ0) is 24.3. The highest BCUT2D eigenvalue weighted by Gasteiger charge is 2.20. The molecule has 0 aliphatic rings. The van der Waals surface area contributed by atoms with E-state index in [4.69, 9.17) is 32.5 Å². The van der Waals surface area contributed by atoms with Crippen molar-refractivity contribution in [2.45, 2.75) is 53.1 Å². The van der Waals surface area contributed by atoms with E-state index in [2.05, 4.69) is 15.0 Å². The van der Waals surface area contributed by atoms with Gasteiger partial charge in [-0.3, -0.25) is 9.78 Å². The number of fused-ring (bicyclic) bond motifs is 1. The molecule has 3 rings (SSSR count). The number of esters is 1. The number of anilines is 1. The van der Waals surface area contributed by atoms with Crippen LogP contribution in [0.2, 0.25) is 5.15 Å². The Hall–Kier alpha value is -2.91. The van der Waals surface area contributed by atoms with Gasteiger partial charge in [-0.1, -0.05) is 25.4 Å². The number of carbonyl (C=O) groups excluding carboxylic acids is 1. The number of ether oxygens (including phenoxy) is 2. The van der Waals surface area contributed by atoms with E-state index in [-0.39, 0.29) is 17.7 Å². The first kappa shape index (κ1) is 24.7. The van der Waals surface area contributed by atoms with E-state index in [1.807, 2.05) is 38.5 Å². The van der Waals surface area contributed by atoms with Crippen LogP contribution in [0.1, 0.15) is 42.7 Å². The van der Waals surface area contributed by atoms with Crippen molar-refractivity contribution in [2.24, 2.45) is 11.7 Å². The molecule has 0 unspecified atom stereocenters. The van der Waals surface area contributed by atoms with Gasteiger partial charge in [0.1, 0.15) is 22.6 Å². The van der Waals surface area contributed by atoms with Gasteiger partial charge in [0, 0.05) is 29.9 Å². The third kappa shape index (κ3) is 5.54. The Morgan fingerprint density at radius 1 is 1.27 bits per heavy atom. The molecule has 9 nitrogen and oxygen atoms in total. The first-order chi connectivity index (χ1) is 15.6. The Morgan fingerprint density at radius 2 is 2.00 bits per heavy atom. The SMILES string of the molecule is COc1c(C)cnc(Cn2cc(CCOC(=O)[C@H](N)CC(C)C)c3c(Cl)nc(N)nc32)c1C. The van der Waals surface area contributed by atoms with Crippen molar-refractivity contribution < 1.29 is 14.3 Å². The monoisotopic (exact) mass is 474 g/mol. The molecule has 0 aromatic carbocycles. The highest BCUT2D eigenvalue weighted by Crippen LogP contribution is 2.30. The zero-order valence-corrected chi connectivity index (χ0v) is 20.4. The number of rotatable bonds is 9. The van der Waals surface area contributed by atoms with Gasteiger partial charge in [0.15, 0.2) is 0 Å². The van der Waals surface area contributed by atoms with E-state index >= 15 is 0 Å². The van der Waals surface area contributed by atoms with Crippen LogP contribution >= 0.6 is 11.6 Å². The van der Waals surface area contributed by atoms with Crippen LogP contribution in [0.4, 0.5) is 5.95 Å². The second kappa shape index (κ2) is 10.4. The summed E-state index contributed by atoms with van der Waals surface area (Å²) in [5, 5.41) is 0.922.